The maximum Gasteiger partial charge on any atom is 0.254 e. The number of aromatic nitrogens is 2. The molecule has 3 fully saturated rings. The largest absolute Gasteiger partial charge is 0.353 e. The highest BCUT2D eigenvalue weighted by Gasteiger charge is 2.38. The van der Waals surface area contributed by atoms with E-state index in [1.54, 1.807) is 12.4 Å². The minimum absolute atomic E-state index is 0.204. The van der Waals surface area contributed by atoms with Crippen molar-refractivity contribution in [3.63, 3.8) is 0 Å². The molecule has 6 rings (SSSR count). The Balaban J connectivity index is 1.39. The number of rotatable bonds is 2. The lowest BCUT2D eigenvalue weighted by Gasteiger charge is -2.36. The normalized spacial score (nSPS) is 24.5. The number of nitrogens with zero attached hydrogens (tertiary/aromatic N) is 4. The molecule has 3 aliphatic heterocycles. The molecule has 5 heteroatoms. The number of anilines is 1. The van der Waals surface area contributed by atoms with Gasteiger partial charge in [-0.15, -0.1) is 0 Å². The van der Waals surface area contributed by atoms with E-state index in [9.17, 15) is 4.79 Å². The van der Waals surface area contributed by atoms with Gasteiger partial charge in [-0.1, -0.05) is 6.07 Å². The summed E-state index contributed by atoms with van der Waals surface area (Å²) in [5.74, 6) is 1.64. The highest BCUT2D eigenvalue weighted by Crippen LogP contribution is 2.31. The van der Waals surface area contributed by atoms with E-state index in [2.05, 4.69) is 31.9 Å². The third kappa shape index (κ3) is 2.75. The second-order valence-electron chi connectivity index (χ2n) is 7.86. The van der Waals surface area contributed by atoms with Crippen molar-refractivity contribution in [2.24, 2.45) is 5.92 Å². The van der Waals surface area contributed by atoms with E-state index in [-0.39, 0.29) is 11.9 Å². The van der Waals surface area contributed by atoms with Crippen molar-refractivity contribution < 1.29 is 4.79 Å². The summed E-state index contributed by atoms with van der Waals surface area (Å²) in [6, 6.07) is 6.60. The zero-order chi connectivity index (χ0) is 17.5. The van der Waals surface area contributed by atoms with Crippen LogP contribution in [0.3, 0.4) is 0 Å². The molecule has 0 radical (unpaired) electrons. The number of piperidine rings is 1. The lowest BCUT2D eigenvalue weighted by Crippen LogP contribution is -2.47. The highest BCUT2D eigenvalue weighted by atomic mass is 16.2. The highest BCUT2D eigenvalue weighted by molar-refractivity contribution is 5.95. The Morgan fingerprint density at radius 3 is 2.85 bits per heavy atom. The van der Waals surface area contributed by atoms with Crippen LogP contribution in [0.4, 0.5) is 5.82 Å². The SMILES string of the molecule is O=C(c1ccc2c(c1)CCC2)N1C[C@H]2CC[C@@H]1CN(c1cnccn1)C2. The molecule has 2 aromatic rings. The minimum Gasteiger partial charge on any atom is -0.353 e. The fourth-order valence-corrected chi connectivity index (χ4v) is 4.84. The van der Waals surface area contributed by atoms with Crippen molar-refractivity contribution in [2.45, 2.75) is 38.1 Å². The molecule has 0 unspecified atom stereocenters. The molecule has 134 valence electrons. The number of carbonyl (C=O) groups is 1. The lowest BCUT2D eigenvalue weighted by atomic mass is 9.94. The third-order valence-electron chi connectivity index (χ3n) is 6.19. The first kappa shape index (κ1) is 15.8. The number of hydrogen-bond donors (Lipinski definition) is 0. The molecule has 4 aliphatic rings. The van der Waals surface area contributed by atoms with Gasteiger partial charge in [0.1, 0.15) is 5.82 Å². The van der Waals surface area contributed by atoms with E-state index in [0.717, 1.165) is 50.3 Å². The van der Waals surface area contributed by atoms with Gasteiger partial charge < -0.3 is 9.80 Å². The molecule has 26 heavy (non-hydrogen) atoms. The summed E-state index contributed by atoms with van der Waals surface area (Å²) in [5.41, 5.74) is 3.66. The van der Waals surface area contributed by atoms with Gasteiger partial charge in [0, 0.05) is 43.6 Å². The van der Waals surface area contributed by atoms with Crippen molar-refractivity contribution in [3.05, 3.63) is 53.5 Å². The van der Waals surface area contributed by atoms with E-state index in [4.69, 9.17) is 0 Å². The number of benzene rings is 1. The van der Waals surface area contributed by atoms with Gasteiger partial charge in [-0.2, -0.15) is 0 Å². The second kappa shape index (κ2) is 6.38. The predicted molar refractivity (Wildman–Crippen MR) is 100 cm³/mol. The Kier molecular flexibility index (Phi) is 3.88. The number of aryl methyl sites for hydroxylation is 2. The van der Waals surface area contributed by atoms with Crippen LogP contribution in [0.2, 0.25) is 0 Å². The maximum absolute atomic E-state index is 13.3. The van der Waals surface area contributed by atoms with E-state index in [0.29, 0.717) is 5.92 Å². The van der Waals surface area contributed by atoms with Gasteiger partial charge >= 0.3 is 0 Å². The molecule has 1 amide bonds. The monoisotopic (exact) mass is 348 g/mol. The fraction of sp³-hybridized carbons (Fsp3) is 0.476. The van der Waals surface area contributed by atoms with Crippen LogP contribution in [0.5, 0.6) is 0 Å². The molecule has 1 aromatic carbocycles. The van der Waals surface area contributed by atoms with E-state index in [1.165, 1.54) is 24.0 Å². The Bertz CT molecular complexity index is 822. The second-order valence-corrected chi connectivity index (χ2v) is 7.86. The van der Waals surface area contributed by atoms with Gasteiger partial charge in [0.05, 0.1) is 6.20 Å². The van der Waals surface area contributed by atoms with E-state index < -0.39 is 0 Å². The van der Waals surface area contributed by atoms with Crippen LogP contribution in [-0.4, -0.2) is 46.5 Å². The quantitative estimate of drug-likeness (QED) is 0.837. The van der Waals surface area contributed by atoms with Crippen LogP contribution in [-0.2, 0) is 12.8 Å². The summed E-state index contributed by atoms with van der Waals surface area (Å²) in [7, 11) is 0. The van der Waals surface area contributed by atoms with Gasteiger partial charge in [-0.25, -0.2) is 4.98 Å². The zero-order valence-corrected chi connectivity index (χ0v) is 15.0. The molecule has 2 bridgehead atoms. The number of amides is 1. The van der Waals surface area contributed by atoms with Crippen LogP contribution in [0.25, 0.3) is 0 Å². The average Bonchev–Trinajstić information content (AvgIpc) is 2.97. The van der Waals surface area contributed by atoms with Crippen molar-refractivity contribution >= 4 is 11.7 Å². The van der Waals surface area contributed by atoms with E-state index >= 15 is 0 Å². The first-order valence-electron chi connectivity index (χ1n) is 9.71. The van der Waals surface area contributed by atoms with Gasteiger partial charge in [0.2, 0.25) is 0 Å². The smallest absolute Gasteiger partial charge is 0.254 e. The van der Waals surface area contributed by atoms with Gasteiger partial charge in [0.15, 0.2) is 0 Å². The Hall–Kier alpha value is -2.43. The van der Waals surface area contributed by atoms with Gasteiger partial charge in [-0.05, 0) is 61.3 Å². The first-order chi connectivity index (χ1) is 12.8. The number of hydrogen-bond acceptors (Lipinski definition) is 4. The Labute approximate surface area is 154 Å². The molecule has 2 atom stereocenters. The molecule has 1 aliphatic carbocycles. The average molecular weight is 348 g/mol. The lowest BCUT2D eigenvalue weighted by molar-refractivity contribution is 0.0592. The Morgan fingerprint density at radius 1 is 1.04 bits per heavy atom. The van der Waals surface area contributed by atoms with Gasteiger partial charge in [-0.3, -0.25) is 9.78 Å². The molecule has 4 heterocycles. The topological polar surface area (TPSA) is 49.3 Å². The van der Waals surface area contributed by atoms with Crippen molar-refractivity contribution in [3.8, 4) is 0 Å². The Morgan fingerprint density at radius 2 is 1.96 bits per heavy atom. The molecular formula is C21H24N4O. The molecular weight excluding hydrogens is 324 g/mol. The summed E-state index contributed by atoms with van der Waals surface area (Å²) < 4.78 is 0. The van der Waals surface area contributed by atoms with Crippen molar-refractivity contribution in [1.82, 2.24) is 14.9 Å². The molecule has 0 saturated carbocycles. The summed E-state index contributed by atoms with van der Waals surface area (Å²) >= 11 is 0. The standard InChI is InChI=1S/C21H24N4O/c26-21(18-6-5-16-2-1-3-17(16)10-18)25-13-15-4-7-19(25)14-24(12-15)20-11-22-8-9-23-20/h5-6,8-11,15,19H,1-4,7,12-14H2/t15-,19+/m0/s1. The molecule has 1 aromatic heterocycles. The fourth-order valence-electron chi connectivity index (χ4n) is 4.84. The van der Waals surface area contributed by atoms with Crippen LogP contribution in [0.1, 0.15) is 40.7 Å². The molecule has 0 spiro atoms. The summed E-state index contributed by atoms with van der Waals surface area (Å²) in [4.78, 5) is 26.4. The van der Waals surface area contributed by atoms with Crippen LogP contribution in [0.15, 0.2) is 36.8 Å². The van der Waals surface area contributed by atoms with Crippen molar-refractivity contribution in [2.75, 3.05) is 24.5 Å². The van der Waals surface area contributed by atoms with Crippen LogP contribution in [0, 0.1) is 5.92 Å². The van der Waals surface area contributed by atoms with Crippen LogP contribution >= 0.6 is 0 Å². The summed E-state index contributed by atoms with van der Waals surface area (Å²) in [5, 5.41) is 0. The maximum atomic E-state index is 13.3. The number of carbonyl (C=O) groups excluding carboxylic acids is 1. The van der Waals surface area contributed by atoms with E-state index in [1.807, 2.05) is 12.3 Å². The summed E-state index contributed by atoms with van der Waals surface area (Å²) in [6.07, 6.45) is 11.0. The predicted octanol–water partition coefficient (Wildman–Crippen LogP) is 2.71. The van der Waals surface area contributed by atoms with Gasteiger partial charge in [0.25, 0.3) is 5.91 Å². The zero-order valence-electron chi connectivity index (χ0n) is 15.0. The molecule has 5 nitrogen and oxygen atoms in total. The van der Waals surface area contributed by atoms with Crippen LogP contribution < -0.4 is 4.90 Å². The third-order valence-corrected chi connectivity index (χ3v) is 6.19. The first-order valence-corrected chi connectivity index (χ1v) is 9.71. The molecule has 3 saturated heterocycles. The number of fused-ring (bicyclic) bond motifs is 5. The minimum atomic E-state index is 0.204. The summed E-state index contributed by atoms with van der Waals surface area (Å²) in [6.45, 7) is 2.67. The van der Waals surface area contributed by atoms with Crippen molar-refractivity contribution in [1.29, 1.82) is 0 Å². The molecule has 0 N–H and O–H groups in total.